The van der Waals surface area contributed by atoms with Crippen LogP contribution >= 0.6 is 23.4 Å². The maximum absolute atomic E-state index is 12.0. The number of para-hydroxylation sites is 1. The first kappa shape index (κ1) is 19.0. The molecule has 0 unspecified atom stereocenters. The smallest absolute Gasteiger partial charge is 0.251 e. The molecule has 1 heterocycles. The molecule has 27 heavy (non-hydrogen) atoms. The van der Waals surface area contributed by atoms with Crippen LogP contribution in [0.15, 0.2) is 70.6 Å². The zero-order chi connectivity index (χ0) is 19.1. The molecule has 0 atom stereocenters. The van der Waals surface area contributed by atoms with E-state index in [1.807, 2.05) is 30.3 Å². The van der Waals surface area contributed by atoms with Crippen molar-refractivity contribution in [2.24, 2.45) is 0 Å². The van der Waals surface area contributed by atoms with Gasteiger partial charge < -0.3 is 15.0 Å². The molecule has 0 aliphatic rings. The summed E-state index contributed by atoms with van der Waals surface area (Å²) in [6.07, 6.45) is 0. The predicted molar refractivity (Wildman–Crippen MR) is 106 cm³/mol. The van der Waals surface area contributed by atoms with Crippen LogP contribution in [-0.4, -0.2) is 21.6 Å². The van der Waals surface area contributed by atoms with E-state index in [1.54, 1.807) is 24.3 Å². The first-order chi connectivity index (χ1) is 13.1. The Labute approximate surface area is 164 Å². The second-order valence-electron chi connectivity index (χ2n) is 5.49. The summed E-state index contributed by atoms with van der Waals surface area (Å²) in [6.45, 7) is 0.165. The highest BCUT2D eigenvalue weighted by Gasteiger charge is 2.08. The Bertz CT molecular complexity index is 962. The van der Waals surface area contributed by atoms with E-state index in [9.17, 15) is 9.59 Å². The molecule has 2 N–H and O–H groups in total. The van der Waals surface area contributed by atoms with Crippen molar-refractivity contribution in [3.8, 4) is 5.75 Å². The number of hydrogen-bond donors (Lipinski definition) is 2. The van der Waals surface area contributed by atoms with E-state index in [0.717, 1.165) is 11.8 Å². The summed E-state index contributed by atoms with van der Waals surface area (Å²) in [5.74, 6) is 0.584. The first-order valence-electron chi connectivity index (χ1n) is 8.05. The molecule has 1 aromatic heterocycles. The molecule has 0 aliphatic carbocycles. The van der Waals surface area contributed by atoms with Crippen LogP contribution in [0.3, 0.4) is 0 Å². The van der Waals surface area contributed by atoms with E-state index in [4.69, 9.17) is 16.3 Å². The van der Waals surface area contributed by atoms with Gasteiger partial charge in [-0.25, -0.2) is 4.98 Å². The third kappa shape index (κ3) is 6.16. The standard InChI is InChI=1S/C19H16ClN3O3S/c20-13-6-8-14(9-7-13)21-18(25)12-27-19-22-15(10-17(24)23-19)11-26-16-4-2-1-3-5-16/h1-10H,11-12H2,(H,21,25)(H,22,23,24). The topological polar surface area (TPSA) is 84.1 Å². The van der Waals surface area contributed by atoms with Gasteiger partial charge in [-0.05, 0) is 36.4 Å². The molecule has 3 rings (SSSR count). The number of aromatic nitrogens is 2. The van der Waals surface area contributed by atoms with E-state index in [2.05, 4.69) is 15.3 Å². The quantitative estimate of drug-likeness (QED) is 0.465. The Kier molecular flexibility index (Phi) is 6.51. The van der Waals surface area contributed by atoms with Gasteiger partial charge in [0.05, 0.1) is 11.4 Å². The van der Waals surface area contributed by atoms with Crippen LogP contribution in [0.4, 0.5) is 5.69 Å². The van der Waals surface area contributed by atoms with Gasteiger partial charge >= 0.3 is 0 Å². The number of halogens is 1. The van der Waals surface area contributed by atoms with Crippen molar-refractivity contribution in [3.05, 3.63) is 81.7 Å². The zero-order valence-corrected chi connectivity index (χ0v) is 15.7. The van der Waals surface area contributed by atoms with Crippen molar-refractivity contribution in [3.63, 3.8) is 0 Å². The summed E-state index contributed by atoms with van der Waals surface area (Å²) in [7, 11) is 0. The number of hydrogen-bond acceptors (Lipinski definition) is 5. The van der Waals surface area contributed by atoms with Gasteiger partial charge in [-0.2, -0.15) is 0 Å². The molecule has 138 valence electrons. The van der Waals surface area contributed by atoms with E-state index in [0.29, 0.717) is 27.3 Å². The van der Waals surface area contributed by atoms with Crippen molar-refractivity contribution in [2.75, 3.05) is 11.1 Å². The van der Waals surface area contributed by atoms with Gasteiger partial charge in [-0.3, -0.25) is 9.59 Å². The van der Waals surface area contributed by atoms with Gasteiger partial charge in [0.2, 0.25) is 5.91 Å². The van der Waals surface area contributed by atoms with E-state index in [1.165, 1.54) is 6.07 Å². The normalized spacial score (nSPS) is 10.4. The minimum atomic E-state index is -0.294. The number of anilines is 1. The molecule has 0 spiro atoms. The fourth-order valence-electron chi connectivity index (χ4n) is 2.16. The van der Waals surface area contributed by atoms with Gasteiger partial charge in [-0.1, -0.05) is 41.6 Å². The number of nitrogens with zero attached hydrogens (tertiary/aromatic N) is 1. The first-order valence-corrected chi connectivity index (χ1v) is 9.41. The number of carbonyl (C=O) groups is 1. The fourth-order valence-corrected chi connectivity index (χ4v) is 2.98. The summed E-state index contributed by atoms with van der Waals surface area (Å²) in [5.41, 5.74) is 0.844. The summed E-state index contributed by atoms with van der Waals surface area (Å²) < 4.78 is 5.60. The number of benzene rings is 2. The van der Waals surface area contributed by atoms with E-state index >= 15 is 0 Å². The highest BCUT2D eigenvalue weighted by atomic mass is 35.5. The van der Waals surface area contributed by atoms with Crippen molar-refractivity contribution >= 4 is 35.0 Å². The van der Waals surface area contributed by atoms with Crippen LogP contribution in [0.25, 0.3) is 0 Å². The monoisotopic (exact) mass is 401 g/mol. The fraction of sp³-hybridized carbons (Fsp3) is 0.105. The molecule has 3 aromatic rings. The van der Waals surface area contributed by atoms with Crippen LogP contribution in [0.5, 0.6) is 5.75 Å². The lowest BCUT2D eigenvalue weighted by atomic mass is 10.3. The molecule has 1 amide bonds. The maximum atomic E-state index is 12.0. The van der Waals surface area contributed by atoms with Crippen LogP contribution < -0.4 is 15.6 Å². The van der Waals surface area contributed by atoms with Gasteiger partial charge in [0.25, 0.3) is 5.56 Å². The molecular weight excluding hydrogens is 386 g/mol. The number of ether oxygens (including phenoxy) is 1. The van der Waals surface area contributed by atoms with Gasteiger partial charge in [0.1, 0.15) is 12.4 Å². The molecule has 8 heteroatoms. The Hall–Kier alpha value is -2.77. The minimum Gasteiger partial charge on any atom is -0.487 e. The Morgan fingerprint density at radius 3 is 2.63 bits per heavy atom. The highest BCUT2D eigenvalue weighted by Crippen LogP contribution is 2.16. The summed E-state index contributed by atoms with van der Waals surface area (Å²) >= 11 is 6.96. The number of aromatic amines is 1. The van der Waals surface area contributed by atoms with Crippen molar-refractivity contribution in [1.29, 1.82) is 0 Å². The van der Waals surface area contributed by atoms with Crippen LogP contribution in [0, 0.1) is 0 Å². The van der Waals surface area contributed by atoms with Gasteiger partial charge in [-0.15, -0.1) is 0 Å². The molecule has 0 aliphatic heterocycles. The SMILES string of the molecule is O=C(CSc1nc(COc2ccccc2)cc(=O)[nH]1)Nc1ccc(Cl)cc1. The second kappa shape index (κ2) is 9.25. The molecular formula is C19H16ClN3O3S. The molecule has 0 fully saturated rings. The molecule has 0 saturated heterocycles. The number of amides is 1. The number of H-pyrrole nitrogens is 1. The van der Waals surface area contributed by atoms with E-state index in [-0.39, 0.29) is 23.8 Å². The predicted octanol–water partition coefficient (Wildman–Crippen LogP) is 3.73. The highest BCUT2D eigenvalue weighted by molar-refractivity contribution is 7.99. The average Bonchev–Trinajstić information content (AvgIpc) is 2.67. The van der Waals surface area contributed by atoms with Gasteiger partial charge in [0.15, 0.2) is 5.16 Å². The van der Waals surface area contributed by atoms with Crippen LogP contribution in [-0.2, 0) is 11.4 Å². The van der Waals surface area contributed by atoms with Crippen LogP contribution in [0.1, 0.15) is 5.69 Å². The lowest BCUT2D eigenvalue weighted by molar-refractivity contribution is -0.113. The average molecular weight is 402 g/mol. The number of nitrogens with one attached hydrogen (secondary N) is 2. The maximum Gasteiger partial charge on any atom is 0.251 e. The molecule has 0 radical (unpaired) electrons. The van der Waals surface area contributed by atoms with Crippen molar-refractivity contribution in [1.82, 2.24) is 9.97 Å². The third-order valence-corrected chi connectivity index (χ3v) is 4.50. The van der Waals surface area contributed by atoms with Gasteiger partial charge in [0, 0.05) is 16.8 Å². The van der Waals surface area contributed by atoms with Crippen molar-refractivity contribution < 1.29 is 9.53 Å². The summed E-state index contributed by atoms with van der Waals surface area (Å²) in [5, 5.41) is 3.71. The number of carbonyl (C=O) groups excluding carboxylic acids is 1. The molecule has 0 bridgehead atoms. The lowest BCUT2D eigenvalue weighted by Gasteiger charge is -2.07. The molecule has 0 saturated carbocycles. The number of rotatable bonds is 7. The minimum absolute atomic E-state index is 0.106. The summed E-state index contributed by atoms with van der Waals surface area (Å²) in [4.78, 5) is 30.8. The Balaban J connectivity index is 1.56. The van der Waals surface area contributed by atoms with Crippen LogP contribution in [0.2, 0.25) is 5.02 Å². The molecule has 6 nitrogen and oxygen atoms in total. The zero-order valence-electron chi connectivity index (χ0n) is 14.1. The third-order valence-electron chi connectivity index (χ3n) is 3.37. The molecule has 2 aromatic carbocycles. The lowest BCUT2D eigenvalue weighted by Crippen LogP contribution is -2.16. The largest absolute Gasteiger partial charge is 0.487 e. The van der Waals surface area contributed by atoms with Crippen molar-refractivity contribution in [2.45, 2.75) is 11.8 Å². The second-order valence-corrected chi connectivity index (χ2v) is 6.89. The summed E-state index contributed by atoms with van der Waals surface area (Å²) in [6, 6.07) is 17.5. The van der Waals surface area contributed by atoms with E-state index < -0.39 is 0 Å². The number of thioether (sulfide) groups is 1. The Morgan fingerprint density at radius 1 is 1.15 bits per heavy atom. The Morgan fingerprint density at radius 2 is 1.89 bits per heavy atom.